The number of nitrogens with zero attached hydrogens (tertiary/aromatic N) is 1. The first kappa shape index (κ1) is 14.6. The molecule has 0 aromatic carbocycles. The second-order valence-corrected chi connectivity index (χ2v) is 4.81. The van der Waals surface area contributed by atoms with Crippen molar-refractivity contribution in [1.82, 2.24) is 15.3 Å². The molecule has 0 atom stereocenters. The van der Waals surface area contributed by atoms with Crippen molar-refractivity contribution in [1.29, 1.82) is 0 Å². The van der Waals surface area contributed by atoms with Crippen molar-refractivity contribution in [2.24, 2.45) is 0 Å². The van der Waals surface area contributed by atoms with E-state index in [4.69, 9.17) is 5.73 Å². The number of nitrogens with two attached hydrogens (primary N) is 1. The number of carbonyl (C=O) groups is 1. The molecule has 7 heteroatoms. The molecular weight excluding hydrogens is 252 g/mol. The van der Waals surface area contributed by atoms with Gasteiger partial charge in [-0.25, -0.2) is 4.98 Å². The van der Waals surface area contributed by atoms with Gasteiger partial charge in [-0.3, -0.25) is 9.59 Å². The van der Waals surface area contributed by atoms with E-state index in [-0.39, 0.29) is 29.1 Å². The molecule has 1 rings (SSSR count). The Morgan fingerprint density at radius 2 is 2.22 bits per heavy atom. The Bertz CT molecular complexity index is 457. The maximum atomic E-state index is 11.6. The van der Waals surface area contributed by atoms with Crippen LogP contribution in [-0.2, 0) is 4.79 Å². The van der Waals surface area contributed by atoms with Crippen LogP contribution in [0.2, 0.25) is 0 Å². The van der Waals surface area contributed by atoms with Crippen molar-refractivity contribution in [3.05, 3.63) is 16.4 Å². The fraction of sp³-hybridized carbons (Fsp3) is 0.545. The zero-order chi connectivity index (χ0) is 13.5. The number of nitrogen functional groups attached to an aromatic ring is 1. The quantitative estimate of drug-likeness (QED) is 0.523. The third-order valence-electron chi connectivity index (χ3n) is 2.43. The average molecular weight is 270 g/mol. The molecule has 1 aromatic heterocycles. The summed E-state index contributed by atoms with van der Waals surface area (Å²) in [5, 5.41) is 3.27. The molecule has 100 valence electrons. The van der Waals surface area contributed by atoms with Gasteiger partial charge in [-0.05, 0) is 12.8 Å². The summed E-state index contributed by atoms with van der Waals surface area (Å²) in [7, 11) is 0. The highest BCUT2D eigenvalue weighted by Crippen LogP contribution is 2.11. The van der Waals surface area contributed by atoms with E-state index < -0.39 is 0 Å². The van der Waals surface area contributed by atoms with Crippen LogP contribution < -0.4 is 16.6 Å². The molecule has 1 heterocycles. The van der Waals surface area contributed by atoms with Crippen LogP contribution in [0.25, 0.3) is 0 Å². The van der Waals surface area contributed by atoms with Crippen LogP contribution in [0.15, 0.2) is 16.0 Å². The van der Waals surface area contributed by atoms with Crippen LogP contribution >= 0.6 is 11.8 Å². The van der Waals surface area contributed by atoms with Crippen LogP contribution in [0.5, 0.6) is 0 Å². The lowest BCUT2D eigenvalue weighted by atomic mass is 10.2. The van der Waals surface area contributed by atoms with Crippen molar-refractivity contribution in [2.75, 3.05) is 11.5 Å². The Kier molecular flexibility index (Phi) is 5.70. The van der Waals surface area contributed by atoms with Gasteiger partial charge in [0.1, 0.15) is 5.82 Å². The Morgan fingerprint density at radius 3 is 2.78 bits per heavy atom. The van der Waals surface area contributed by atoms with Crippen molar-refractivity contribution >= 4 is 23.5 Å². The number of rotatable bonds is 6. The van der Waals surface area contributed by atoms with Gasteiger partial charge in [0.05, 0.1) is 5.75 Å². The van der Waals surface area contributed by atoms with Gasteiger partial charge in [0.15, 0.2) is 5.16 Å². The minimum absolute atomic E-state index is 0.0706. The molecule has 18 heavy (non-hydrogen) atoms. The van der Waals surface area contributed by atoms with E-state index >= 15 is 0 Å². The molecule has 6 nitrogen and oxygen atoms in total. The SMILES string of the molecule is CCC(CC)NC(=O)CSc1nc(N)cc(=O)[nH]1. The predicted molar refractivity (Wildman–Crippen MR) is 72.5 cm³/mol. The summed E-state index contributed by atoms with van der Waals surface area (Å²) in [6.45, 7) is 4.05. The Hall–Kier alpha value is -1.50. The molecule has 0 aliphatic carbocycles. The highest BCUT2D eigenvalue weighted by molar-refractivity contribution is 7.99. The molecule has 0 radical (unpaired) electrons. The van der Waals surface area contributed by atoms with Gasteiger partial charge in [0.25, 0.3) is 5.56 Å². The summed E-state index contributed by atoms with van der Waals surface area (Å²) < 4.78 is 0. The maximum absolute atomic E-state index is 11.6. The van der Waals surface area contributed by atoms with E-state index in [0.29, 0.717) is 5.16 Å². The fourth-order valence-corrected chi connectivity index (χ4v) is 2.11. The number of aromatic nitrogens is 2. The number of hydrogen-bond acceptors (Lipinski definition) is 5. The summed E-state index contributed by atoms with van der Waals surface area (Å²) in [6.07, 6.45) is 1.81. The van der Waals surface area contributed by atoms with Crippen LogP contribution in [0.4, 0.5) is 5.82 Å². The molecule has 0 bridgehead atoms. The second-order valence-electron chi connectivity index (χ2n) is 3.85. The van der Waals surface area contributed by atoms with E-state index in [0.717, 1.165) is 24.6 Å². The number of amides is 1. The Balaban J connectivity index is 2.49. The average Bonchev–Trinajstić information content (AvgIpc) is 2.32. The summed E-state index contributed by atoms with van der Waals surface area (Å²) in [5.41, 5.74) is 5.13. The van der Waals surface area contributed by atoms with Gasteiger partial charge in [0, 0.05) is 12.1 Å². The summed E-state index contributed by atoms with van der Waals surface area (Å²) in [5.74, 6) is 0.295. The predicted octanol–water partition coefficient (Wildman–Crippen LogP) is 0.749. The third-order valence-corrected chi connectivity index (χ3v) is 3.30. The maximum Gasteiger partial charge on any atom is 0.253 e. The van der Waals surface area contributed by atoms with Crippen molar-refractivity contribution in [3.8, 4) is 0 Å². The number of aromatic amines is 1. The Labute approximate surface area is 110 Å². The number of carbonyl (C=O) groups excluding carboxylic acids is 1. The molecule has 0 aliphatic rings. The number of H-pyrrole nitrogens is 1. The topological polar surface area (TPSA) is 101 Å². The van der Waals surface area contributed by atoms with Crippen molar-refractivity contribution in [3.63, 3.8) is 0 Å². The molecule has 0 unspecified atom stereocenters. The van der Waals surface area contributed by atoms with E-state index in [9.17, 15) is 9.59 Å². The minimum Gasteiger partial charge on any atom is -0.383 e. The largest absolute Gasteiger partial charge is 0.383 e. The van der Waals surface area contributed by atoms with Crippen molar-refractivity contribution < 1.29 is 4.79 Å². The molecule has 0 saturated heterocycles. The fourth-order valence-electron chi connectivity index (χ4n) is 1.42. The second kappa shape index (κ2) is 7.05. The van der Waals surface area contributed by atoms with Gasteiger partial charge < -0.3 is 16.0 Å². The highest BCUT2D eigenvalue weighted by Gasteiger charge is 2.09. The van der Waals surface area contributed by atoms with Gasteiger partial charge >= 0.3 is 0 Å². The molecule has 1 amide bonds. The highest BCUT2D eigenvalue weighted by atomic mass is 32.2. The zero-order valence-electron chi connectivity index (χ0n) is 10.5. The van der Waals surface area contributed by atoms with Crippen LogP contribution in [0, 0.1) is 0 Å². The third kappa shape index (κ3) is 4.79. The van der Waals surface area contributed by atoms with Gasteiger partial charge in [-0.2, -0.15) is 0 Å². The molecule has 1 aromatic rings. The van der Waals surface area contributed by atoms with Crippen LogP contribution in [0.3, 0.4) is 0 Å². The number of anilines is 1. The van der Waals surface area contributed by atoms with Gasteiger partial charge in [-0.15, -0.1) is 0 Å². The number of hydrogen-bond donors (Lipinski definition) is 3. The van der Waals surface area contributed by atoms with Crippen LogP contribution in [0.1, 0.15) is 26.7 Å². The monoisotopic (exact) mass is 270 g/mol. The molecule has 4 N–H and O–H groups in total. The lowest BCUT2D eigenvalue weighted by Gasteiger charge is -2.14. The van der Waals surface area contributed by atoms with E-state index in [1.165, 1.54) is 6.07 Å². The summed E-state index contributed by atoms with van der Waals surface area (Å²) in [6, 6.07) is 1.40. The molecule has 0 spiro atoms. The van der Waals surface area contributed by atoms with Crippen molar-refractivity contribution in [2.45, 2.75) is 37.9 Å². The number of thioether (sulfide) groups is 1. The normalized spacial score (nSPS) is 10.6. The molecule has 0 aliphatic heterocycles. The first-order valence-electron chi connectivity index (χ1n) is 5.84. The lowest BCUT2D eigenvalue weighted by molar-refractivity contribution is -0.119. The smallest absolute Gasteiger partial charge is 0.253 e. The Morgan fingerprint density at radius 1 is 1.56 bits per heavy atom. The number of nitrogens with one attached hydrogen (secondary N) is 2. The van der Waals surface area contributed by atoms with Gasteiger partial charge in [-0.1, -0.05) is 25.6 Å². The first-order valence-corrected chi connectivity index (χ1v) is 6.82. The molecular formula is C11H18N4O2S. The molecule has 0 saturated carbocycles. The van der Waals surface area contributed by atoms with Crippen LogP contribution in [-0.4, -0.2) is 27.7 Å². The minimum atomic E-state index is -0.314. The standard InChI is InChI=1S/C11H18N4O2S/c1-3-7(4-2)13-10(17)6-18-11-14-8(12)5-9(16)15-11/h5,7H,3-4,6H2,1-2H3,(H,13,17)(H3,12,14,15,16). The van der Waals surface area contributed by atoms with E-state index in [2.05, 4.69) is 15.3 Å². The zero-order valence-corrected chi connectivity index (χ0v) is 11.3. The summed E-state index contributed by atoms with van der Waals surface area (Å²) >= 11 is 1.16. The van der Waals surface area contributed by atoms with E-state index in [1.54, 1.807) is 0 Å². The first-order chi connectivity index (χ1) is 8.55. The lowest BCUT2D eigenvalue weighted by Crippen LogP contribution is -2.35. The molecule has 0 fully saturated rings. The summed E-state index contributed by atoms with van der Waals surface area (Å²) in [4.78, 5) is 29.2. The van der Waals surface area contributed by atoms with E-state index in [1.807, 2.05) is 13.8 Å². The van der Waals surface area contributed by atoms with Gasteiger partial charge in [0.2, 0.25) is 5.91 Å².